The monoisotopic (exact) mass is 288 g/mol. The van der Waals surface area contributed by atoms with E-state index in [1.54, 1.807) is 11.0 Å². The van der Waals surface area contributed by atoms with Crippen molar-refractivity contribution in [1.82, 2.24) is 0 Å². The lowest BCUT2D eigenvalue weighted by Crippen LogP contribution is -2.25. The number of hydrogen-bond acceptors (Lipinski definition) is 4. The van der Waals surface area contributed by atoms with Gasteiger partial charge in [-0.2, -0.15) is 0 Å². The SMILES string of the molecule is COC(=O)c1cc(N2CCCC2)cc(N2CCCC2=O)c1. The Kier molecular flexibility index (Phi) is 3.82. The van der Waals surface area contributed by atoms with Crippen molar-refractivity contribution in [2.24, 2.45) is 0 Å². The van der Waals surface area contributed by atoms with Gasteiger partial charge in [-0.05, 0) is 37.5 Å². The number of nitrogens with zero attached hydrogens (tertiary/aromatic N) is 2. The largest absolute Gasteiger partial charge is 0.465 e. The lowest BCUT2D eigenvalue weighted by Gasteiger charge is -2.22. The first-order chi connectivity index (χ1) is 10.2. The third-order valence-electron chi connectivity index (χ3n) is 4.18. The van der Waals surface area contributed by atoms with Gasteiger partial charge in [0.1, 0.15) is 0 Å². The molecular weight excluding hydrogens is 268 g/mol. The van der Waals surface area contributed by atoms with E-state index in [9.17, 15) is 9.59 Å². The summed E-state index contributed by atoms with van der Waals surface area (Å²) in [6, 6.07) is 5.64. The summed E-state index contributed by atoms with van der Waals surface area (Å²) in [5.41, 5.74) is 2.32. The van der Waals surface area contributed by atoms with Crippen molar-refractivity contribution in [3.05, 3.63) is 23.8 Å². The molecule has 0 N–H and O–H groups in total. The molecule has 2 saturated heterocycles. The smallest absolute Gasteiger partial charge is 0.337 e. The first kappa shape index (κ1) is 13.9. The van der Waals surface area contributed by atoms with Crippen LogP contribution in [-0.2, 0) is 9.53 Å². The van der Waals surface area contributed by atoms with Crippen molar-refractivity contribution in [3.8, 4) is 0 Å². The van der Waals surface area contributed by atoms with Crippen LogP contribution < -0.4 is 9.80 Å². The molecule has 2 fully saturated rings. The first-order valence-corrected chi connectivity index (χ1v) is 7.48. The maximum atomic E-state index is 12.0. The molecule has 5 heteroatoms. The Hall–Kier alpha value is -2.04. The van der Waals surface area contributed by atoms with E-state index in [2.05, 4.69) is 4.90 Å². The van der Waals surface area contributed by atoms with E-state index in [1.165, 1.54) is 20.0 Å². The quantitative estimate of drug-likeness (QED) is 0.800. The van der Waals surface area contributed by atoms with Crippen LogP contribution in [0.15, 0.2) is 18.2 Å². The van der Waals surface area contributed by atoms with Crippen LogP contribution in [0.3, 0.4) is 0 Å². The molecule has 112 valence electrons. The maximum Gasteiger partial charge on any atom is 0.337 e. The van der Waals surface area contributed by atoms with Crippen molar-refractivity contribution >= 4 is 23.3 Å². The van der Waals surface area contributed by atoms with Gasteiger partial charge < -0.3 is 14.5 Å². The third kappa shape index (κ3) is 2.73. The Balaban J connectivity index is 1.99. The minimum Gasteiger partial charge on any atom is -0.465 e. The number of ether oxygens (including phenoxy) is 1. The van der Waals surface area contributed by atoms with Crippen molar-refractivity contribution in [1.29, 1.82) is 0 Å². The minimum atomic E-state index is -0.357. The number of amides is 1. The van der Waals surface area contributed by atoms with Crippen molar-refractivity contribution in [2.75, 3.05) is 36.5 Å². The highest BCUT2D eigenvalue weighted by molar-refractivity contribution is 5.98. The summed E-state index contributed by atoms with van der Waals surface area (Å²) >= 11 is 0. The molecule has 0 radical (unpaired) electrons. The van der Waals surface area contributed by atoms with E-state index in [4.69, 9.17) is 4.74 Å². The summed E-state index contributed by atoms with van der Waals surface area (Å²) in [5, 5.41) is 0. The summed E-state index contributed by atoms with van der Waals surface area (Å²) in [5.74, 6) is -0.228. The van der Waals surface area contributed by atoms with Crippen LogP contribution in [0.4, 0.5) is 11.4 Å². The average molecular weight is 288 g/mol. The molecule has 0 aromatic heterocycles. The van der Waals surface area contributed by atoms with Crippen molar-refractivity contribution in [3.63, 3.8) is 0 Å². The van der Waals surface area contributed by atoms with Crippen LogP contribution in [0.25, 0.3) is 0 Å². The van der Waals surface area contributed by atoms with Crippen LogP contribution in [0.2, 0.25) is 0 Å². The zero-order valence-electron chi connectivity index (χ0n) is 12.3. The highest BCUT2D eigenvalue weighted by Crippen LogP contribution is 2.30. The normalized spacial score (nSPS) is 18.4. The van der Waals surface area contributed by atoms with Gasteiger partial charge in [-0.1, -0.05) is 0 Å². The van der Waals surface area contributed by atoms with Gasteiger partial charge >= 0.3 is 5.97 Å². The molecule has 2 aliphatic heterocycles. The number of rotatable bonds is 3. The summed E-state index contributed by atoms with van der Waals surface area (Å²) in [6.45, 7) is 2.72. The van der Waals surface area contributed by atoms with Crippen LogP contribution in [0.1, 0.15) is 36.0 Å². The van der Waals surface area contributed by atoms with E-state index in [0.29, 0.717) is 12.0 Å². The fraction of sp³-hybridized carbons (Fsp3) is 0.500. The Morgan fingerprint density at radius 1 is 1.05 bits per heavy atom. The number of anilines is 2. The molecule has 1 aromatic carbocycles. The fourth-order valence-electron chi connectivity index (χ4n) is 3.07. The Bertz CT molecular complexity index is 565. The van der Waals surface area contributed by atoms with Crippen LogP contribution >= 0.6 is 0 Å². The summed E-state index contributed by atoms with van der Waals surface area (Å²) in [4.78, 5) is 27.9. The zero-order valence-corrected chi connectivity index (χ0v) is 12.3. The van der Waals surface area contributed by atoms with Gasteiger partial charge in [0.25, 0.3) is 0 Å². The lowest BCUT2D eigenvalue weighted by atomic mass is 10.1. The predicted octanol–water partition coefficient (Wildman–Crippen LogP) is 2.20. The standard InChI is InChI=1S/C16H20N2O3/c1-21-16(20)12-9-13(17-6-2-3-7-17)11-14(10-12)18-8-4-5-15(18)19/h9-11H,2-8H2,1H3. The molecule has 5 nitrogen and oxygen atoms in total. The number of carbonyl (C=O) groups is 2. The predicted molar refractivity (Wildman–Crippen MR) is 80.8 cm³/mol. The Labute approximate surface area is 124 Å². The second-order valence-corrected chi connectivity index (χ2v) is 5.57. The highest BCUT2D eigenvalue weighted by atomic mass is 16.5. The average Bonchev–Trinajstić information content (AvgIpc) is 3.17. The van der Waals surface area contributed by atoms with Crippen molar-refractivity contribution < 1.29 is 14.3 Å². The molecule has 0 spiro atoms. The summed E-state index contributed by atoms with van der Waals surface area (Å²) < 4.78 is 4.84. The number of hydrogen-bond donors (Lipinski definition) is 0. The van der Waals surface area contributed by atoms with Gasteiger partial charge in [0.05, 0.1) is 12.7 Å². The van der Waals surface area contributed by atoms with Gasteiger partial charge in [-0.3, -0.25) is 4.79 Å². The summed E-state index contributed by atoms with van der Waals surface area (Å²) in [7, 11) is 1.38. The van der Waals surface area contributed by atoms with E-state index < -0.39 is 0 Å². The van der Waals surface area contributed by atoms with Gasteiger partial charge in [-0.25, -0.2) is 4.79 Å². The van der Waals surface area contributed by atoms with E-state index in [0.717, 1.165) is 37.4 Å². The molecule has 0 atom stereocenters. The third-order valence-corrected chi connectivity index (χ3v) is 4.18. The lowest BCUT2D eigenvalue weighted by molar-refractivity contribution is -0.117. The van der Waals surface area contributed by atoms with Gasteiger partial charge in [0.15, 0.2) is 0 Å². The molecule has 0 aliphatic carbocycles. The number of carbonyl (C=O) groups excluding carboxylic acids is 2. The van der Waals surface area contributed by atoms with E-state index in [1.807, 2.05) is 12.1 Å². The molecule has 2 heterocycles. The molecule has 21 heavy (non-hydrogen) atoms. The molecule has 1 amide bonds. The molecular formula is C16H20N2O3. The Morgan fingerprint density at radius 3 is 2.38 bits per heavy atom. The number of methoxy groups -OCH3 is 1. The van der Waals surface area contributed by atoms with Gasteiger partial charge in [0.2, 0.25) is 5.91 Å². The molecule has 3 rings (SSSR count). The number of benzene rings is 1. The fourth-order valence-corrected chi connectivity index (χ4v) is 3.07. The molecule has 0 bridgehead atoms. The van der Waals surface area contributed by atoms with Crippen LogP contribution in [0, 0.1) is 0 Å². The minimum absolute atomic E-state index is 0.129. The van der Waals surface area contributed by atoms with Crippen LogP contribution in [-0.4, -0.2) is 38.6 Å². The molecule has 0 unspecified atom stereocenters. The second-order valence-electron chi connectivity index (χ2n) is 5.57. The highest BCUT2D eigenvalue weighted by Gasteiger charge is 2.24. The molecule has 0 saturated carbocycles. The zero-order chi connectivity index (χ0) is 14.8. The first-order valence-electron chi connectivity index (χ1n) is 7.48. The van der Waals surface area contributed by atoms with Gasteiger partial charge in [-0.15, -0.1) is 0 Å². The van der Waals surface area contributed by atoms with E-state index >= 15 is 0 Å². The van der Waals surface area contributed by atoms with Crippen LogP contribution in [0.5, 0.6) is 0 Å². The number of esters is 1. The van der Waals surface area contributed by atoms with Gasteiger partial charge in [0, 0.05) is 37.4 Å². The van der Waals surface area contributed by atoms with E-state index in [-0.39, 0.29) is 11.9 Å². The van der Waals surface area contributed by atoms with Crippen molar-refractivity contribution in [2.45, 2.75) is 25.7 Å². The topological polar surface area (TPSA) is 49.9 Å². The molecule has 2 aliphatic rings. The maximum absolute atomic E-state index is 12.0. The molecule has 1 aromatic rings. The summed E-state index contributed by atoms with van der Waals surface area (Å²) in [6.07, 6.45) is 3.79. The Morgan fingerprint density at radius 2 is 1.76 bits per heavy atom. The second kappa shape index (κ2) is 5.76.